The molecule has 0 saturated carbocycles. The highest BCUT2D eigenvalue weighted by molar-refractivity contribution is 7.15. The summed E-state index contributed by atoms with van der Waals surface area (Å²) in [6, 6.07) is 2.20. The van der Waals surface area contributed by atoms with Gasteiger partial charge in [-0.3, -0.25) is 4.68 Å². The maximum absolute atomic E-state index is 6.09. The van der Waals surface area contributed by atoms with Gasteiger partial charge in [-0.25, -0.2) is 0 Å². The highest BCUT2D eigenvalue weighted by Crippen LogP contribution is 2.37. The molecule has 2 rings (SSSR count). The lowest BCUT2D eigenvalue weighted by molar-refractivity contribution is 0.780. The van der Waals surface area contributed by atoms with Gasteiger partial charge < -0.3 is 5.73 Å². The van der Waals surface area contributed by atoms with Gasteiger partial charge in [-0.15, -0.1) is 11.3 Å². The fraction of sp³-hybridized carbons (Fsp3) is 0.462. The van der Waals surface area contributed by atoms with Crippen LogP contribution in [-0.2, 0) is 7.05 Å². The molecule has 0 amide bonds. The Balaban J connectivity index is 2.63. The van der Waals surface area contributed by atoms with Crippen LogP contribution in [0.25, 0.3) is 10.6 Å². The highest BCUT2D eigenvalue weighted by Gasteiger charge is 2.19. The van der Waals surface area contributed by atoms with Crippen molar-refractivity contribution < 1.29 is 0 Å². The van der Waals surface area contributed by atoms with E-state index in [0.29, 0.717) is 5.92 Å². The fourth-order valence-electron chi connectivity index (χ4n) is 1.99. The third kappa shape index (κ3) is 1.97. The molecule has 0 bridgehead atoms. The van der Waals surface area contributed by atoms with Crippen LogP contribution in [0.4, 0.5) is 5.82 Å². The van der Waals surface area contributed by atoms with Crippen LogP contribution < -0.4 is 5.73 Å². The molecule has 0 aliphatic rings. The van der Waals surface area contributed by atoms with Crippen molar-refractivity contribution >= 4 is 17.2 Å². The van der Waals surface area contributed by atoms with Gasteiger partial charge in [-0.2, -0.15) is 5.10 Å². The van der Waals surface area contributed by atoms with Crippen molar-refractivity contribution in [1.29, 1.82) is 0 Å². The molecule has 2 N–H and O–H groups in total. The first-order valence-corrected chi connectivity index (χ1v) is 6.63. The normalized spacial score (nSPS) is 11.4. The molecule has 4 heteroatoms. The third-order valence-corrected chi connectivity index (χ3v) is 4.27. The van der Waals surface area contributed by atoms with Gasteiger partial charge >= 0.3 is 0 Å². The Hall–Kier alpha value is -1.29. The van der Waals surface area contributed by atoms with E-state index >= 15 is 0 Å². The van der Waals surface area contributed by atoms with Gasteiger partial charge in [-0.1, -0.05) is 13.8 Å². The SMILES string of the molecule is Cc1cc(-c2nn(C)c(N)c2C(C)C)sc1C. The Labute approximate surface area is 106 Å². The summed E-state index contributed by atoms with van der Waals surface area (Å²) >= 11 is 1.79. The van der Waals surface area contributed by atoms with E-state index in [-0.39, 0.29) is 0 Å². The zero-order chi connectivity index (χ0) is 12.7. The van der Waals surface area contributed by atoms with Crippen molar-refractivity contribution in [2.75, 3.05) is 5.73 Å². The third-order valence-electron chi connectivity index (χ3n) is 3.11. The second kappa shape index (κ2) is 4.18. The number of aryl methyl sites for hydroxylation is 3. The molecule has 0 fully saturated rings. The van der Waals surface area contributed by atoms with E-state index in [4.69, 9.17) is 5.73 Å². The molecule has 2 aromatic heterocycles. The van der Waals surface area contributed by atoms with Crippen molar-refractivity contribution in [2.45, 2.75) is 33.6 Å². The lowest BCUT2D eigenvalue weighted by Crippen LogP contribution is -2.00. The van der Waals surface area contributed by atoms with Gasteiger partial charge in [0, 0.05) is 17.5 Å². The molecule has 0 aliphatic heterocycles. The van der Waals surface area contributed by atoms with Crippen molar-refractivity contribution in [3.05, 3.63) is 22.1 Å². The minimum atomic E-state index is 0.390. The topological polar surface area (TPSA) is 43.8 Å². The van der Waals surface area contributed by atoms with Crippen LogP contribution in [0.2, 0.25) is 0 Å². The van der Waals surface area contributed by atoms with Gasteiger partial charge in [0.15, 0.2) is 0 Å². The summed E-state index contributed by atoms with van der Waals surface area (Å²) in [5.74, 6) is 1.17. The summed E-state index contributed by atoms with van der Waals surface area (Å²) in [5, 5.41) is 4.56. The maximum atomic E-state index is 6.09. The Morgan fingerprint density at radius 3 is 2.47 bits per heavy atom. The van der Waals surface area contributed by atoms with E-state index in [1.54, 1.807) is 16.0 Å². The zero-order valence-corrected chi connectivity index (χ0v) is 11.9. The molecular formula is C13H19N3S. The molecule has 0 aliphatic carbocycles. The monoisotopic (exact) mass is 249 g/mol. The van der Waals surface area contributed by atoms with E-state index in [9.17, 15) is 0 Å². The van der Waals surface area contributed by atoms with Gasteiger partial charge in [0.1, 0.15) is 11.5 Å². The lowest BCUT2D eigenvalue weighted by atomic mass is 10.0. The fourth-order valence-corrected chi connectivity index (χ4v) is 3.03. The van der Waals surface area contributed by atoms with E-state index in [0.717, 1.165) is 17.1 Å². The average Bonchev–Trinajstić information content (AvgIpc) is 2.70. The van der Waals surface area contributed by atoms with Gasteiger partial charge in [0.2, 0.25) is 0 Å². The Kier molecular flexibility index (Phi) is 3.00. The molecule has 2 heterocycles. The molecule has 17 heavy (non-hydrogen) atoms. The minimum absolute atomic E-state index is 0.390. The Morgan fingerprint density at radius 1 is 1.35 bits per heavy atom. The molecule has 0 saturated heterocycles. The second-order valence-electron chi connectivity index (χ2n) is 4.78. The van der Waals surface area contributed by atoms with E-state index in [1.165, 1.54) is 15.3 Å². The number of hydrogen-bond donors (Lipinski definition) is 1. The number of nitrogen functional groups attached to an aromatic ring is 1. The molecular weight excluding hydrogens is 230 g/mol. The molecule has 0 aromatic carbocycles. The minimum Gasteiger partial charge on any atom is -0.384 e. The number of nitrogens with two attached hydrogens (primary N) is 1. The zero-order valence-electron chi connectivity index (χ0n) is 11.0. The van der Waals surface area contributed by atoms with Crippen LogP contribution in [0, 0.1) is 13.8 Å². The largest absolute Gasteiger partial charge is 0.384 e. The number of nitrogens with zero attached hydrogens (tertiary/aromatic N) is 2. The first kappa shape index (κ1) is 12.2. The number of rotatable bonds is 2. The standard InChI is InChI=1S/C13H19N3S/c1-7(2)11-12(15-16(5)13(11)14)10-6-8(3)9(4)17-10/h6-7H,14H2,1-5H3. The molecule has 2 aromatic rings. The first-order chi connectivity index (χ1) is 7.91. The van der Waals surface area contributed by atoms with Crippen LogP contribution in [-0.4, -0.2) is 9.78 Å². The number of hydrogen-bond acceptors (Lipinski definition) is 3. The van der Waals surface area contributed by atoms with Crippen LogP contribution in [0.15, 0.2) is 6.07 Å². The summed E-state index contributed by atoms with van der Waals surface area (Å²) in [6.45, 7) is 8.59. The van der Waals surface area contributed by atoms with Crippen LogP contribution in [0.1, 0.15) is 35.8 Å². The summed E-state index contributed by atoms with van der Waals surface area (Å²) in [7, 11) is 1.90. The quantitative estimate of drug-likeness (QED) is 0.885. The maximum Gasteiger partial charge on any atom is 0.125 e. The van der Waals surface area contributed by atoms with E-state index in [1.807, 2.05) is 7.05 Å². The smallest absolute Gasteiger partial charge is 0.125 e. The van der Waals surface area contributed by atoms with Gasteiger partial charge in [0.25, 0.3) is 0 Å². The lowest BCUT2D eigenvalue weighted by Gasteiger charge is -2.05. The summed E-state index contributed by atoms with van der Waals surface area (Å²) in [4.78, 5) is 2.56. The first-order valence-electron chi connectivity index (χ1n) is 5.81. The van der Waals surface area contributed by atoms with Crippen LogP contribution in [0.5, 0.6) is 0 Å². The summed E-state index contributed by atoms with van der Waals surface area (Å²) < 4.78 is 1.77. The predicted octanol–water partition coefficient (Wildman–Crippen LogP) is 3.47. The summed E-state index contributed by atoms with van der Waals surface area (Å²) in [6.07, 6.45) is 0. The number of thiophene rings is 1. The number of aromatic nitrogens is 2. The van der Waals surface area contributed by atoms with E-state index in [2.05, 4.69) is 38.9 Å². The van der Waals surface area contributed by atoms with Crippen molar-refractivity contribution in [2.24, 2.45) is 7.05 Å². The molecule has 0 radical (unpaired) electrons. The number of anilines is 1. The van der Waals surface area contributed by atoms with Crippen LogP contribution in [0.3, 0.4) is 0 Å². The second-order valence-corrected chi connectivity index (χ2v) is 6.03. The molecule has 3 nitrogen and oxygen atoms in total. The van der Waals surface area contributed by atoms with Gasteiger partial charge in [0.05, 0.1) is 4.88 Å². The molecule has 92 valence electrons. The summed E-state index contributed by atoms with van der Waals surface area (Å²) in [5.41, 5.74) is 9.62. The van der Waals surface area contributed by atoms with Crippen LogP contribution >= 0.6 is 11.3 Å². The predicted molar refractivity (Wildman–Crippen MR) is 74.5 cm³/mol. The molecule has 0 atom stereocenters. The average molecular weight is 249 g/mol. The van der Waals surface area contributed by atoms with Crippen molar-refractivity contribution in [3.8, 4) is 10.6 Å². The van der Waals surface area contributed by atoms with Crippen molar-refractivity contribution in [3.63, 3.8) is 0 Å². The molecule has 0 unspecified atom stereocenters. The highest BCUT2D eigenvalue weighted by atomic mass is 32.1. The Bertz CT molecular complexity index is 530. The van der Waals surface area contributed by atoms with Gasteiger partial charge in [-0.05, 0) is 31.4 Å². The molecule has 0 spiro atoms. The Morgan fingerprint density at radius 2 is 2.00 bits per heavy atom. The van der Waals surface area contributed by atoms with E-state index < -0.39 is 0 Å². The van der Waals surface area contributed by atoms with Crippen molar-refractivity contribution in [1.82, 2.24) is 9.78 Å².